The van der Waals surface area contributed by atoms with Crippen LogP contribution in [0.2, 0.25) is 10.0 Å². The van der Waals surface area contributed by atoms with E-state index in [-0.39, 0.29) is 28.8 Å². The molecule has 29 heavy (non-hydrogen) atoms. The van der Waals surface area contributed by atoms with E-state index >= 15 is 0 Å². The van der Waals surface area contributed by atoms with Crippen molar-refractivity contribution in [2.75, 3.05) is 17.2 Å². The molecule has 1 aromatic carbocycles. The third-order valence-corrected chi connectivity index (χ3v) is 5.17. The van der Waals surface area contributed by atoms with Crippen LogP contribution >= 0.6 is 23.2 Å². The van der Waals surface area contributed by atoms with Crippen LogP contribution in [0.1, 0.15) is 33.6 Å². The second kappa shape index (κ2) is 9.84. The summed E-state index contributed by atoms with van der Waals surface area (Å²) < 4.78 is 6.92. The molecule has 0 radical (unpaired) electrons. The molecular weight excluding hydrogens is 419 g/mol. The molecule has 0 aliphatic carbocycles. The Labute approximate surface area is 178 Å². The fraction of sp³-hybridized carbons (Fsp3) is 0.421. The summed E-state index contributed by atoms with van der Waals surface area (Å²) in [5, 5.41) is 0.474. The predicted molar refractivity (Wildman–Crippen MR) is 115 cm³/mol. The molecule has 1 heterocycles. The minimum absolute atomic E-state index is 0.0598. The third-order valence-electron chi connectivity index (χ3n) is 4.37. The maximum Gasteiger partial charge on any atom is 0.330 e. The zero-order valence-corrected chi connectivity index (χ0v) is 18.0. The summed E-state index contributed by atoms with van der Waals surface area (Å²) in [6.45, 7) is 5.67. The molecule has 8 nitrogen and oxygen atoms in total. The van der Waals surface area contributed by atoms with Crippen LogP contribution in [0, 0.1) is 0 Å². The number of H-pyrrole nitrogens is 1. The van der Waals surface area contributed by atoms with Gasteiger partial charge in [-0.05, 0) is 32.4 Å². The van der Waals surface area contributed by atoms with Gasteiger partial charge in [0.15, 0.2) is 11.8 Å². The second-order valence-corrected chi connectivity index (χ2v) is 7.18. The SMILES string of the molecule is CCCCn1c(N)c(N(CC)C(=O)C(C)Oc2cccc(Cl)c2Cl)c(=O)[nH]c1=O. The van der Waals surface area contributed by atoms with Crippen molar-refractivity contribution in [1.82, 2.24) is 9.55 Å². The fourth-order valence-electron chi connectivity index (χ4n) is 2.84. The summed E-state index contributed by atoms with van der Waals surface area (Å²) >= 11 is 12.1. The molecule has 0 aliphatic rings. The lowest BCUT2D eigenvalue weighted by molar-refractivity contribution is -0.124. The molecule has 2 rings (SSSR count). The molecule has 1 atom stereocenters. The number of aromatic nitrogens is 2. The lowest BCUT2D eigenvalue weighted by atomic mass is 10.2. The average molecular weight is 443 g/mol. The average Bonchev–Trinajstić information content (AvgIpc) is 2.67. The Hall–Kier alpha value is -2.45. The number of nitrogens with zero attached hydrogens (tertiary/aromatic N) is 2. The Morgan fingerprint density at radius 2 is 2.00 bits per heavy atom. The van der Waals surface area contributed by atoms with Crippen LogP contribution in [-0.4, -0.2) is 28.1 Å². The van der Waals surface area contributed by atoms with Gasteiger partial charge >= 0.3 is 5.69 Å². The number of unbranched alkanes of at least 4 members (excludes halogenated alkanes) is 1. The number of hydrogen-bond donors (Lipinski definition) is 2. The molecule has 158 valence electrons. The lowest BCUT2D eigenvalue weighted by Crippen LogP contribution is -2.45. The normalized spacial score (nSPS) is 11.9. The van der Waals surface area contributed by atoms with Crippen LogP contribution in [0.5, 0.6) is 5.75 Å². The van der Waals surface area contributed by atoms with E-state index in [0.717, 1.165) is 6.42 Å². The van der Waals surface area contributed by atoms with E-state index in [2.05, 4.69) is 4.98 Å². The van der Waals surface area contributed by atoms with Crippen molar-refractivity contribution in [1.29, 1.82) is 0 Å². The van der Waals surface area contributed by atoms with Crippen LogP contribution in [0.4, 0.5) is 11.5 Å². The molecule has 0 spiro atoms. The number of halogens is 2. The monoisotopic (exact) mass is 442 g/mol. The number of nitrogens with two attached hydrogens (primary N) is 1. The van der Waals surface area contributed by atoms with Crippen LogP contribution in [0.15, 0.2) is 27.8 Å². The number of aromatic amines is 1. The molecule has 0 aliphatic heterocycles. The van der Waals surface area contributed by atoms with E-state index < -0.39 is 23.3 Å². The van der Waals surface area contributed by atoms with Gasteiger partial charge in [-0.25, -0.2) is 4.79 Å². The van der Waals surface area contributed by atoms with E-state index in [1.54, 1.807) is 25.1 Å². The quantitative estimate of drug-likeness (QED) is 0.652. The number of rotatable bonds is 8. The summed E-state index contributed by atoms with van der Waals surface area (Å²) in [4.78, 5) is 41.0. The number of carbonyl (C=O) groups excluding carboxylic acids is 1. The molecule has 1 amide bonds. The number of likely N-dealkylation sites (N-methyl/N-ethyl adjacent to an activating group) is 1. The summed E-state index contributed by atoms with van der Waals surface area (Å²) in [6.07, 6.45) is 0.547. The molecular formula is C19H24Cl2N4O4. The van der Waals surface area contributed by atoms with Gasteiger partial charge in [0.1, 0.15) is 16.6 Å². The number of nitrogens with one attached hydrogen (secondary N) is 1. The van der Waals surface area contributed by atoms with Crippen LogP contribution < -0.4 is 26.6 Å². The van der Waals surface area contributed by atoms with E-state index in [4.69, 9.17) is 33.7 Å². The molecule has 0 saturated heterocycles. The lowest BCUT2D eigenvalue weighted by Gasteiger charge is -2.26. The Morgan fingerprint density at radius 1 is 1.31 bits per heavy atom. The van der Waals surface area contributed by atoms with Crippen molar-refractivity contribution < 1.29 is 9.53 Å². The minimum atomic E-state index is -0.985. The first-order chi connectivity index (χ1) is 13.7. The predicted octanol–water partition coefficient (Wildman–Crippen LogP) is 3.05. The standard InChI is InChI=1S/C19H24Cl2N4O4/c1-4-6-10-25-16(22)15(17(26)23-19(25)28)24(5-2)18(27)11(3)29-13-9-7-8-12(20)14(13)21/h7-9,11H,4-6,10,22H2,1-3H3,(H,23,26,28). The first-order valence-corrected chi connectivity index (χ1v) is 10.0. The summed E-state index contributed by atoms with van der Waals surface area (Å²) in [7, 11) is 0. The highest BCUT2D eigenvalue weighted by Gasteiger charge is 2.28. The maximum atomic E-state index is 13.0. The zero-order chi connectivity index (χ0) is 21.7. The Morgan fingerprint density at radius 3 is 2.62 bits per heavy atom. The second-order valence-electron chi connectivity index (χ2n) is 6.39. The molecule has 1 unspecified atom stereocenters. The van der Waals surface area contributed by atoms with Crippen molar-refractivity contribution in [3.05, 3.63) is 49.1 Å². The highest BCUT2D eigenvalue weighted by atomic mass is 35.5. The van der Waals surface area contributed by atoms with Crippen molar-refractivity contribution in [2.24, 2.45) is 0 Å². The Kier molecular flexibility index (Phi) is 7.75. The van der Waals surface area contributed by atoms with Gasteiger partial charge in [0.25, 0.3) is 11.5 Å². The molecule has 0 bridgehead atoms. The third kappa shape index (κ3) is 4.94. The van der Waals surface area contributed by atoms with Crippen LogP contribution in [-0.2, 0) is 11.3 Å². The molecule has 2 aromatic rings. The highest BCUT2D eigenvalue weighted by molar-refractivity contribution is 6.42. The fourth-order valence-corrected chi connectivity index (χ4v) is 3.17. The van der Waals surface area contributed by atoms with Gasteiger partial charge in [-0.3, -0.25) is 19.1 Å². The molecule has 3 N–H and O–H groups in total. The molecule has 10 heteroatoms. The molecule has 0 saturated carbocycles. The zero-order valence-electron chi connectivity index (χ0n) is 16.5. The number of nitrogen functional groups attached to an aromatic ring is 1. The number of hydrogen-bond acceptors (Lipinski definition) is 5. The van der Waals surface area contributed by atoms with E-state index in [9.17, 15) is 14.4 Å². The summed E-state index contributed by atoms with van der Waals surface area (Å²) in [5.74, 6) is -0.331. The molecule has 0 fully saturated rings. The van der Waals surface area contributed by atoms with Crippen molar-refractivity contribution >= 4 is 40.6 Å². The smallest absolute Gasteiger partial charge is 0.330 e. The van der Waals surface area contributed by atoms with Gasteiger partial charge in [-0.2, -0.15) is 0 Å². The van der Waals surface area contributed by atoms with Crippen LogP contribution in [0.3, 0.4) is 0 Å². The number of ether oxygens (including phenoxy) is 1. The van der Waals surface area contributed by atoms with Gasteiger partial charge < -0.3 is 15.4 Å². The number of benzene rings is 1. The van der Waals surface area contributed by atoms with E-state index in [0.29, 0.717) is 18.0 Å². The van der Waals surface area contributed by atoms with Crippen molar-refractivity contribution in [2.45, 2.75) is 46.3 Å². The van der Waals surface area contributed by atoms with E-state index in [1.165, 1.54) is 16.4 Å². The number of amides is 1. The topological polar surface area (TPSA) is 110 Å². The minimum Gasteiger partial charge on any atom is -0.479 e. The Balaban J connectivity index is 2.39. The first-order valence-electron chi connectivity index (χ1n) is 9.27. The molecule has 1 aromatic heterocycles. The van der Waals surface area contributed by atoms with Crippen molar-refractivity contribution in [3.8, 4) is 5.75 Å². The number of anilines is 2. The largest absolute Gasteiger partial charge is 0.479 e. The van der Waals surface area contributed by atoms with Gasteiger partial charge in [0.2, 0.25) is 0 Å². The van der Waals surface area contributed by atoms with Gasteiger partial charge in [0.05, 0.1) is 5.02 Å². The van der Waals surface area contributed by atoms with Gasteiger partial charge in [-0.15, -0.1) is 0 Å². The summed E-state index contributed by atoms with van der Waals surface area (Å²) in [5.41, 5.74) is 4.68. The van der Waals surface area contributed by atoms with E-state index in [1.807, 2.05) is 6.92 Å². The van der Waals surface area contributed by atoms with Crippen LogP contribution in [0.25, 0.3) is 0 Å². The van der Waals surface area contributed by atoms with Crippen molar-refractivity contribution in [3.63, 3.8) is 0 Å². The van der Waals surface area contributed by atoms with Gasteiger partial charge in [-0.1, -0.05) is 42.6 Å². The maximum absolute atomic E-state index is 13.0. The first kappa shape index (κ1) is 22.8. The Bertz CT molecular complexity index is 1000. The number of carbonyl (C=O) groups is 1. The highest BCUT2D eigenvalue weighted by Crippen LogP contribution is 2.32. The summed E-state index contributed by atoms with van der Waals surface area (Å²) in [6, 6.07) is 4.83. The van der Waals surface area contributed by atoms with Gasteiger partial charge in [0, 0.05) is 13.1 Å².